The van der Waals surface area contributed by atoms with Crippen molar-refractivity contribution in [2.45, 2.75) is 40.7 Å². The summed E-state index contributed by atoms with van der Waals surface area (Å²) >= 11 is 0. The van der Waals surface area contributed by atoms with Gasteiger partial charge in [-0.05, 0) is 23.3 Å². The van der Waals surface area contributed by atoms with Crippen molar-refractivity contribution in [1.29, 1.82) is 0 Å². The number of amides is 1. The first kappa shape index (κ1) is 13.1. The zero-order chi connectivity index (χ0) is 13.6. The molecule has 1 amide bonds. The zero-order valence-corrected chi connectivity index (χ0v) is 11.9. The number of rotatable bonds is 3. The van der Waals surface area contributed by atoms with Gasteiger partial charge in [0.2, 0.25) is 5.91 Å². The van der Waals surface area contributed by atoms with Gasteiger partial charge in [0.1, 0.15) is 0 Å². The van der Waals surface area contributed by atoms with Crippen LogP contribution in [0.1, 0.15) is 46.2 Å². The largest absolute Gasteiger partial charge is 0.349 e. The molecule has 1 aromatic rings. The van der Waals surface area contributed by atoms with Crippen molar-refractivity contribution in [3.8, 4) is 0 Å². The molecule has 98 valence electrons. The highest BCUT2D eigenvalue weighted by atomic mass is 16.2. The molecule has 0 radical (unpaired) electrons. The molecule has 0 bridgehead atoms. The Morgan fingerprint density at radius 2 is 1.61 bits per heavy atom. The quantitative estimate of drug-likeness (QED) is 0.867. The summed E-state index contributed by atoms with van der Waals surface area (Å²) in [6, 6.07) is 10.2. The second-order valence-corrected chi connectivity index (χ2v) is 6.52. The predicted molar refractivity (Wildman–Crippen MR) is 74.1 cm³/mol. The first-order valence-corrected chi connectivity index (χ1v) is 6.64. The van der Waals surface area contributed by atoms with Gasteiger partial charge in [0, 0.05) is 5.92 Å². The number of nitrogens with one attached hydrogen (secondary N) is 1. The van der Waals surface area contributed by atoms with Crippen LogP contribution in [-0.4, -0.2) is 5.91 Å². The summed E-state index contributed by atoms with van der Waals surface area (Å²) in [6.45, 7) is 10.7. The molecule has 2 rings (SSSR count). The summed E-state index contributed by atoms with van der Waals surface area (Å²) in [7, 11) is 0. The van der Waals surface area contributed by atoms with Crippen LogP contribution in [0.15, 0.2) is 30.3 Å². The third-order valence-corrected chi connectivity index (χ3v) is 4.94. The average molecular weight is 245 g/mol. The Morgan fingerprint density at radius 3 is 2.06 bits per heavy atom. The molecule has 18 heavy (non-hydrogen) atoms. The van der Waals surface area contributed by atoms with Crippen molar-refractivity contribution in [1.82, 2.24) is 5.32 Å². The van der Waals surface area contributed by atoms with Gasteiger partial charge in [-0.25, -0.2) is 0 Å². The lowest BCUT2D eigenvalue weighted by molar-refractivity contribution is -0.124. The maximum atomic E-state index is 12.3. The van der Waals surface area contributed by atoms with Crippen LogP contribution in [0.5, 0.6) is 0 Å². The van der Waals surface area contributed by atoms with E-state index in [0.717, 1.165) is 5.56 Å². The van der Waals surface area contributed by atoms with E-state index in [1.165, 1.54) is 0 Å². The molecule has 0 heterocycles. The maximum absolute atomic E-state index is 12.3. The number of benzene rings is 1. The molecule has 1 fully saturated rings. The van der Waals surface area contributed by atoms with E-state index in [-0.39, 0.29) is 28.7 Å². The average Bonchev–Trinajstić information content (AvgIpc) is 2.70. The van der Waals surface area contributed by atoms with Crippen LogP contribution in [-0.2, 0) is 4.79 Å². The van der Waals surface area contributed by atoms with Crippen molar-refractivity contribution in [2.24, 2.45) is 16.7 Å². The molecule has 1 aliphatic carbocycles. The lowest BCUT2D eigenvalue weighted by atomic mass is 10.0. The Balaban J connectivity index is 2.02. The monoisotopic (exact) mass is 245 g/mol. The number of hydrogen-bond acceptors (Lipinski definition) is 1. The van der Waals surface area contributed by atoms with Gasteiger partial charge in [0.25, 0.3) is 0 Å². The van der Waals surface area contributed by atoms with Gasteiger partial charge in [0.05, 0.1) is 6.04 Å². The minimum atomic E-state index is 0.0749. The first-order valence-electron chi connectivity index (χ1n) is 6.64. The highest BCUT2D eigenvalue weighted by Gasteiger charge is 2.68. The van der Waals surface area contributed by atoms with Gasteiger partial charge in [-0.1, -0.05) is 58.0 Å². The molecule has 1 saturated carbocycles. The van der Waals surface area contributed by atoms with E-state index in [1.807, 2.05) is 37.3 Å². The topological polar surface area (TPSA) is 29.1 Å². The van der Waals surface area contributed by atoms with Gasteiger partial charge >= 0.3 is 0 Å². The molecule has 1 aliphatic rings. The third kappa shape index (κ3) is 1.94. The summed E-state index contributed by atoms with van der Waals surface area (Å²) in [5.74, 6) is 0.303. The Morgan fingerprint density at radius 1 is 1.11 bits per heavy atom. The van der Waals surface area contributed by atoms with Crippen molar-refractivity contribution < 1.29 is 4.79 Å². The molecule has 0 spiro atoms. The van der Waals surface area contributed by atoms with E-state index < -0.39 is 0 Å². The second kappa shape index (κ2) is 4.11. The fourth-order valence-electron chi connectivity index (χ4n) is 2.97. The van der Waals surface area contributed by atoms with E-state index in [0.29, 0.717) is 0 Å². The molecule has 0 aromatic heterocycles. The molecule has 1 N–H and O–H groups in total. The van der Waals surface area contributed by atoms with Gasteiger partial charge in [-0.3, -0.25) is 4.79 Å². The lowest BCUT2D eigenvalue weighted by Gasteiger charge is -2.15. The van der Waals surface area contributed by atoms with Crippen LogP contribution in [0.2, 0.25) is 0 Å². The lowest BCUT2D eigenvalue weighted by Crippen LogP contribution is -2.30. The number of carbonyl (C=O) groups excluding carboxylic acids is 1. The van der Waals surface area contributed by atoms with Crippen LogP contribution >= 0.6 is 0 Å². The minimum Gasteiger partial charge on any atom is -0.349 e. The standard InChI is InChI=1S/C16H23NO/c1-11(12-9-7-6-8-10-12)17-14(18)13-15(2,3)16(13,4)5/h6-11,13H,1-5H3,(H,17,18). The van der Waals surface area contributed by atoms with E-state index in [1.54, 1.807) is 0 Å². The first-order chi connectivity index (χ1) is 8.28. The van der Waals surface area contributed by atoms with Crippen molar-refractivity contribution >= 4 is 5.91 Å². The van der Waals surface area contributed by atoms with Crippen molar-refractivity contribution in [3.05, 3.63) is 35.9 Å². The fourth-order valence-corrected chi connectivity index (χ4v) is 2.97. The summed E-state index contributed by atoms with van der Waals surface area (Å²) in [4.78, 5) is 12.3. The van der Waals surface area contributed by atoms with Crippen molar-refractivity contribution in [3.63, 3.8) is 0 Å². The van der Waals surface area contributed by atoms with Gasteiger partial charge < -0.3 is 5.32 Å². The molecule has 1 aromatic carbocycles. The Bertz CT molecular complexity index is 433. The molecular formula is C16H23NO. The molecular weight excluding hydrogens is 222 g/mol. The molecule has 0 aliphatic heterocycles. The fraction of sp³-hybridized carbons (Fsp3) is 0.562. The highest BCUT2D eigenvalue weighted by molar-refractivity contribution is 5.84. The van der Waals surface area contributed by atoms with Crippen LogP contribution in [0, 0.1) is 16.7 Å². The summed E-state index contributed by atoms with van der Waals surface area (Å²) < 4.78 is 0. The minimum absolute atomic E-state index is 0.0749. The molecule has 0 saturated heterocycles. The highest BCUT2D eigenvalue weighted by Crippen LogP contribution is 2.68. The zero-order valence-electron chi connectivity index (χ0n) is 11.9. The second-order valence-electron chi connectivity index (χ2n) is 6.52. The Hall–Kier alpha value is -1.31. The van der Waals surface area contributed by atoms with Gasteiger partial charge in [-0.15, -0.1) is 0 Å². The maximum Gasteiger partial charge on any atom is 0.224 e. The van der Waals surface area contributed by atoms with Crippen molar-refractivity contribution in [2.75, 3.05) is 0 Å². The summed E-state index contributed by atoms with van der Waals surface area (Å²) in [5, 5.41) is 3.13. The molecule has 2 nitrogen and oxygen atoms in total. The smallest absolute Gasteiger partial charge is 0.224 e. The van der Waals surface area contributed by atoms with E-state index in [4.69, 9.17) is 0 Å². The Kier molecular flexibility index (Phi) is 3.00. The molecule has 1 unspecified atom stereocenters. The van der Waals surface area contributed by atoms with E-state index >= 15 is 0 Å². The molecule has 2 heteroatoms. The van der Waals surface area contributed by atoms with Gasteiger partial charge in [0.15, 0.2) is 0 Å². The van der Waals surface area contributed by atoms with E-state index in [2.05, 4.69) is 33.0 Å². The van der Waals surface area contributed by atoms with Crippen LogP contribution in [0.3, 0.4) is 0 Å². The van der Waals surface area contributed by atoms with E-state index in [9.17, 15) is 4.79 Å². The predicted octanol–water partition coefficient (Wildman–Crippen LogP) is 3.55. The Labute approximate surface area is 110 Å². The molecule has 1 atom stereocenters. The third-order valence-electron chi connectivity index (χ3n) is 4.94. The number of hydrogen-bond donors (Lipinski definition) is 1. The van der Waals surface area contributed by atoms with Crippen LogP contribution < -0.4 is 5.32 Å². The summed E-state index contributed by atoms with van der Waals surface area (Å²) in [6.07, 6.45) is 0. The number of carbonyl (C=O) groups is 1. The normalized spacial score (nSPS) is 22.3. The van der Waals surface area contributed by atoms with Gasteiger partial charge in [-0.2, -0.15) is 0 Å². The van der Waals surface area contributed by atoms with Crippen LogP contribution in [0.4, 0.5) is 0 Å². The SMILES string of the molecule is CC(NC(=O)C1C(C)(C)C1(C)C)c1ccccc1. The van der Waals surface area contributed by atoms with Crippen LogP contribution in [0.25, 0.3) is 0 Å². The summed E-state index contributed by atoms with van der Waals surface area (Å²) in [5.41, 5.74) is 1.36.